The molecule has 4 aromatic rings. The predicted molar refractivity (Wildman–Crippen MR) is 135 cm³/mol. The van der Waals surface area contributed by atoms with Gasteiger partial charge in [0, 0.05) is 29.1 Å². The second-order valence-corrected chi connectivity index (χ2v) is 9.61. The first-order valence-corrected chi connectivity index (χ1v) is 12.3. The molecule has 8 nitrogen and oxygen atoms in total. The Bertz CT molecular complexity index is 1370. The third-order valence-corrected chi connectivity index (χ3v) is 7.05. The van der Waals surface area contributed by atoms with E-state index in [0.717, 1.165) is 52.0 Å². The number of hydrogen-bond acceptors (Lipinski definition) is 6. The number of benzene rings is 2. The summed E-state index contributed by atoms with van der Waals surface area (Å²) in [6, 6.07) is 14.6. The third-order valence-electron chi connectivity index (χ3n) is 7.05. The number of ether oxygens (including phenoxy) is 1. The Morgan fingerprint density at radius 3 is 2.60 bits per heavy atom. The van der Waals surface area contributed by atoms with Gasteiger partial charge in [-0.3, -0.25) is 9.69 Å². The van der Waals surface area contributed by atoms with Gasteiger partial charge in [-0.2, -0.15) is 0 Å². The number of aryl methyl sites for hydroxylation is 2. The lowest BCUT2D eigenvalue weighted by molar-refractivity contribution is 0.172. The molecule has 1 fully saturated rings. The number of aromatic nitrogens is 5. The third kappa shape index (κ3) is 5.12. The highest BCUT2D eigenvalue weighted by atomic mass is 16.5. The van der Waals surface area contributed by atoms with Crippen molar-refractivity contribution in [1.29, 1.82) is 0 Å². The minimum absolute atomic E-state index is 0.0247. The van der Waals surface area contributed by atoms with Crippen LogP contribution in [0.2, 0.25) is 0 Å². The number of rotatable bonds is 8. The van der Waals surface area contributed by atoms with Crippen molar-refractivity contribution in [1.82, 2.24) is 30.1 Å². The van der Waals surface area contributed by atoms with E-state index in [2.05, 4.69) is 51.4 Å². The van der Waals surface area contributed by atoms with Crippen molar-refractivity contribution in [3.63, 3.8) is 0 Å². The molecule has 0 spiro atoms. The van der Waals surface area contributed by atoms with Crippen LogP contribution in [0.25, 0.3) is 10.9 Å². The van der Waals surface area contributed by atoms with E-state index < -0.39 is 0 Å². The summed E-state index contributed by atoms with van der Waals surface area (Å²) in [6.07, 6.45) is 4.68. The lowest BCUT2D eigenvalue weighted by Gasteiger charge is -2.28. The van der Waals surface area contributed by atoms with Gasteiger partial charge in [-0.25, -0.2) is 4.68 Å². The van der Waals surface area contributed by atoms with E-state index in [9.17, 15) is 4.79 Å². The van der Waals surface area contributed by atoms with E-state index in [-0.39, 0.29) is 5.56 Å². The maximum Gasteiger partial charge on any atom is 0.252 e. The van der Waals surface area contributed by atoms with Gasteiger partial charge in [-0.05, 0) is 78.1 Å². The summed E-state index contributed by atoms with van der Waals surface area (Å²) in [5, 5.41) is 13.7. The summed E-state index contributed by atoms with van der Waals surface area (Å²) in [7, 11) is 1.66. The molecule has 0 amide bonds. The number of tetrazole rings is 1. The second kappa shape index (κ2) is 10.00. The maximum atomic E-state index is 13.0. The van der Waals surface area contributed by atoms with Crippen LogP contribution in [0.4, 0.5) is 0 Å². The highest BCUT2D eigenvalue weighted by molar-refractivity contribution is 5.83. The standard InChI is InChI=1S/C27H32N6O2/c1-18-12-19(2)24-14-21(27(34)28-25(24)13-18)16-32(22-6-4-5-7-22)17-26-29-30-31-33(26)15-20-8-10-23(35-3)11-9-20/h8-14,22H,4-7,15-17H2,1-3H3,(H,28,34). The van der Waals surface area contributed by atoms with Crippen LogP contribution in [0.3, 0.4) is 0 Å². The molecule has 0 saturated heterocycles. The molecule has 8 heteroatoms. The number of H-pyrrole nitrogens is 1. The van der Waals surface area contributed by atoms with E-state index in [0.29, 0.717) is 25.7 Å². The molecule has 1 N–H and O–H groups in total. The van der Waals surface area contributed by atoms with Crippen molar-refractivity contribution in [2.45, 2.75) is 65.2 Å². The highest BCUT2D eigenvalue weighted by Crippen LogP contribution is 2.27. The highest BCUT2D eigenvalue weighted by Gasteiger charge is 2.25. The molecule has 2 heterocycles. The number of nitrogens with one attached hydrogen (secondary N) is 1. The minimum Gasteiger partial charge on any atom is -0.497 e. The van der Waals surface area contributed by atoms with Gasteiger partial charge in [-0.1, -0.05) is 31.0 Å². The van der Waals surface area contributed by atoms with Crippen LogP contribution >= 0.6 is 0 Å². The average molecular weight is 473 g/mol. The van der Waals surface area contributed by atoms with Crippen LogP contribution in [0.15, 0.2) is 47.3 Å². The topological polar surface area (TPSA) is 88.9 Å². The summed E-state index contributed by atoms with van der Waals surface area (Å²) in [4.78, 5) is 18.5. The van der Waals surface area contributed by atoms with Crippen molar-refractivity contribution in [3.05, 3.63) is 80.9 Å². The van der Waals surface area contributed by atoms with Gasteiger partial charge < -0.3 is 9.72 Å². The lowest BCUT2D eigenvalue weighted by Crippen LogP contribution is -2.35. The van der Waals surface area contributed by atoms with Gasteiger partial charge in [0.15, 0.2) is 5.82 Å². The van der Waals surface area contributed by atoms with Gasteiger partial charge in [0.25, 0.3) is 5.56 Å². The van der Waals surface area contributed by atoms with Gasteiger partial charge in [0.2, 0.25) is 0 Å². The fourth-order valence-electron chi connectivity index (χ4n) is 5.18. The summed E-state index contributed by atoms with van der Waals surface area (Å²) in [5.74, 6) is 1.63. The van der Waals surface area contributed by atoms with E-state index in [4.69, 9.17) is 4.74 Å². The molecule has 0 unspecified atom stereocenters. The average Bonchev–Trinajstić information content (AvgIpc) is 3.52. The summed E-state index contributed by atoms with van der Waals surface area (Å²) >= 11 is 0. The molecule has 1 aliphatic rings. The van der Waals surface area contributed by atoms with E-state index in [1.54, 1.807) is 7.11 Å². The molecule has 35 heavy (non-hydrogen) atoms. The van der Waals surface area contributed by atoms with Gasteiger partial charge in [0.05, 0.1) is 20.2 Å². The van der Waals surface area contributed by atoms with Crippen molar-refractivity contribution < 1.29 is 4.74 Å². The predicted octanol–water partition coefficient (Wildman–Crippen LogP) is 4.13. The Morgan fingerprint density at radius 2 is 1.86 bits per heavy atom. The van der Waals surface area contributed by atoms with Crippen LogP contribution < -0.4 is 10.3 Å². The molecular formula is C27H32N6O2. The van der Waals surface area contributed by atoms with Crippen molar-refractivity contribution >= 4 is 10.9 Å². The smallest absolute Gasteiger partial charge is 0.252 e. The molecule has 0 aliphatic heterocycles. The maximum absolute atomic E-state index is 13.0. The number of pyridine rings is 1. The van der Waals surface area contributed by atoms with E-state index in [1.165, 1.54) is 18.4 Å². The number of fused-ring (bicyclic) bond motifs is 1. The number of nitrogens with zero attached hydrogens (tertiary/aromatic N) is 5. The zero-order valence-corrected chi connectivity index (χ0v) is 20.6. The van der Waals surface area contributed by atoms with Crippen molar-refractivity contribution in [3.8, 4) is 5.75 Å². The fraction of sp³-hybridized carbons (Fsp3) is 0.407. The molecule has 0 radical (unpaired) electrons. The number of hydrogen-bond donors (Lipinski definition) is 1. The SMILES string of the molecule is COc1ccc(Cn2nnnc2CN(Cc2cc3c(C)cc(C)cc3[nH]c2=O)C2CCCC2)cc1. The second-order valence-electron chi connectivity index (χ2n) is 9.61. The van der Waals surface area contributed by atoms with Crippen LogP contribution in [0, 0.1) is 13.8 Å². The molecular weight excluding hydrogens is 440 g/mol. The normalized spacial score (nSPS) is 14.3. The Morgan fingerprint density at radius 1 is 1.09 bits per heavy atom. The monoisotopic (exact) mass is 472 g/mol. The van der Waals surface area contributed by atoms with Crippen LogP contribution in [0.5, 0.6) is 5.75 Å². The molecule has 0 atom stereocenters. The Kier molecular flexibility index (Phi) is 6.63. The summed E-state index contributed by atoms with van der Waals surface area (Å²) < 4.78 is 7.11. The van der Waals surface area contributed by atoms with Crippen molar-refractivity contribution in [2.75, 3.05) is 7.11 Å². The first kappa shape index (κ1) is 23.2. The first-order valence-electron chi connectivity index (χ1n) is 12.3. The van der Waals surface area contributed by atoms with Crippen LogP contribution in [-0.4, -0.2) is 43.2 Å². The van der Waals surface area contributed by atoms with Gasteiger partial charge in [-0.15, -0.1) is 5.10 Å². The van der Waals surface area contributed by atoms with Crippen LogP contribution in [-0.2, 0) is 19.6 Å². The van der Waals surface area contributed by atoms with Gasteiger partial charge in [0.1, 0.15) is 5.75 Å². The summed E-state index contributed by atoms with van der Waals surface area (Å²) in [6.45, 7) is 5.90. The quantitative estimate of drug-likeness (QED) is 0.415. The number of aromatic amines is 1. The van der Waals surface area contributed by atoms with Crippen molar-refractivity contribution in [2.24, 2.45) is 0 Å². The largest absolute Gasteiger partial charge is 0.497 e. The van der Waals surface area contributed by atoms with E-state index in [1.807, 2.05) is 35.0 Å². The molecule has 182 valence electrons. The molecule has 0 bridgehead atoms. The first-order chi connectivity index (χ1) is 17.0. The molecule has 1 saturated carbocycles. The Labute approximate surface area is 204 Å². The molecule has 2 aromatic heterocycles. The zero-order chi connectivity index (χ0) is 24.4. The minimum atomic E-state index is -0.0247. The Hall–Kier alpha value is -3.52. The zero-order valence-electron chi connectivity index (χ0n) is 20.6. The molecule has 1 aliphatic carbocycles. The molecule has 5 rings (SSSR count). The van der Waals surface area contributed by atoms with Crippen LogP contribution in [0.1, 0.15) is 53.8 Å². The summed E-state index contributed by atoms with van der Waals surface area (Å²) in [5.41, 5.74) is 5.08. The van der Waals surface area contributed by atoms with Gasteiger partial charge >= 0.3 is 0 Å². The fourth-order valence-corrected chi connectivity index (χ4v) is 5.18. The number of methoxy groups -OCH3 is 1. The van der Waals surface area contributed by atoms with E-state index >= 15 is 0 Å². The lowest BCUT2D eigenvalue weighted by atomic mass is 10.0. The Balaban J connectivity index is 1.41. The molecule has 2 aromatic carbocycles.